The van der Waals surface area contributed by atoms with Gasteiger partial charge in [-0.25, -0.2) is 0 Å². The van der Waals surface area contributed by atoms with Crippen molar-refractivity contribution in [2.24, 2.45) is 11.7 Å². The second-order valence-corrected chi connectivity index (χ2v) is 5.40. The Kier molecular flexibility index (Phi) is 3.81. The van der Waals surface area contributed by atoms with Crippen molar-refractivity contribution in [3.05, 3.63) is 29.3 Å². The third-order valence-electron chi connectivity index (χ3n) is 3.96. The van der Waals surface area contributed by atoms with Crippen molar-refractivity contribution >= 4 is 23.2 Å². The lowest BCUT2D eigenvalue weighted by atomic mass is 9.84. The molecule has 18 heavy (non-hydrogen) atoms. The van der Waals surface area contributed by atoms with Crippen molar-refractivity contribution in [2.45, 2.75) is 38.1 Å². The highest BCUT2D eigenvalue weighted by atomic mass is 35.5. The summed E-state index contributed by atoms with van der Waals surface area (Å²) >= 11 is 5.86. The van der Waals surface area contributed by atoms with E-state index in [1.807, 2.05) is 24.3 Å². The van der Waals surface area contributed by atoms with Crippen molar-refractivity contribution < 1.29 is 4.79 Å². The molecule has 2 unspecified atom stereocenters. The fraction of sp³-hybridized carbons (Fsp3) is 0.500. The van der Waals surface area contributed by atoms with Gasteiger partial charge in [-0.05, 0) is 43.0 Å². The molecule has 98 valence electrons. The van der Waals surface area contributed by atoms with E-state index in [0.717, 1.165) is 31.4 Å². The zero-order valence-electron chi connectivity index (χ0n) is 10.6. The Morgan fingerprint density at radius 2 is 2.17 bits per heavy atom. The van der Waals surface area contributed by atoms with E-state index >= 15 is 0 Å². The van der Waals surface area contributed by atoms with E-state index in [2.05, 4.69) is 12.2 Å². The number of carbonyl (C=O) groups is 1. The number of primary amides is 1. The lowest BCUT2D eigenvalue weighted by Gasteiger charge is -2.34. The Balaban J connectivity index is 2.26. The van der Waals surface area contributed by atoms with Crippen molar-refractivity contribution in [1.82, 2.24) is 0 Å². The van der Waals surface area contributed by atoms with Crippen LogP contribution in [0, 0.1) is 5.92 Å². The van der Waals surface area contributed by atoms with Gasteiger partial charge in [-0.2, -0.15) is 0 Å². The number of anilines is 1. The zero-order chi connectivity index (χ0) is 13.2. The molecule has 3 N–H and O–H groups in total. The Labute approximate surface area is 113 Å². The molecule has 1 aliphatic rings. The van der Waals surface area contributed by atoms with E-state index in [1.54, 1.807) is 0 Å². The van der Waals surface area contributed by atoms with Gasteiger partial charge in [0, 0.05) is 10.7 Å². The quantitative estimate of drug-likeness (QED) is 0.879. The second-order valence-electron chi connectivity index (χ2n) is 4.96. The van der Waals surface area contributed by atoms with Gasteiger partial charge in [-0.15, -0.1) is 0 Å². The number of benzene rings is 1. The molecule has 0 saturated heterocycles. The maximum absolute atomic E-state index is 11.9. The lowest BCUT2D eigenvalue weighted by molar-refractivity contribution is -0.123. The summed E-state index contributed by atoms with van der Waals surface area (Å²) in [5.74, 6) is 0.0625. The molecule has 1 saturated carbocycles. The minimum Gasteiger partial charge on any atom is -0.371 e. The molecule has 4 heteroatoms. The summed E-state index contributed by atoms with van der Waals surface area (Å²) in [6.07, 6.45) is 3.87. The Hall–Kier alpha value is -1.22. The van der Waals surface area contributed by atoms with Crippen molar-refractivity contribution in [3.8, 4) is 0 Å². The monoisotopic (exact) mass is 266 g/mol. The second kappa shape index (κ2) is 5.19. The first kappa shape index (κ1) is 13.2. The first-order valence-electron chi connectivity index (χ1n) is 6.42. The van der Waals surface area contributed by atoms with E-state index in [0.29, 0.717) is 10.9 Å². The highest BCUT2D eigenvalue weighted by molar-refractivity contribution is 6.30. The van der Waals surface area contributed by atoms with Crippen LogP contribution in [0.1, 0.15) is 32.6 Å². The average Bonchev–Trinajstić information content (AvgIpc) is 2.76. The predicted octanol–water partition coefficient (Wildman–Crippen LogP) is 3.19. The standard InChI is InChI=1S/C14H19ClN2O/c1-2-10-4-3-9-14(10,13(16)18)17-12-7-5-11(15)6-8-12/h5-8,10,17H,2-4,9H2,1H3,(H2,16,18). The molecule has 0 aromatic heterocycles. The molecule has 0 spiro atoms. The van der Waals surface area contributed by atoms with Gasteiger partial charge >= 0.3 is 0 Å². The lowest BCUT2D eigenvalue weighted by Crippen LogP contribution is -2.53. The molecule has 0 bridgehead atoms. The number of rotatable bonds is 4. The zero-order valence-corrected chi connectivity index (χ0v) is 11.3. The van der Waals surface area contributed by atoms with Gasteiger partial charge in [0.1, 0.15) is 5.54 Å². The minimum absolute atomic E-state index is 0.248. The van der Waals surface area contributed by atoms with Crippen molar-refractivity contribution in [3.63, 3.8) is 0 Å². The summed E-state index contributed by atoms with van der Waals surface area (Å²) in [5.41, 5.74) is 5.96. The van der Waals surface area contributed by atoms with Gasteiger partial charge in [0.2, 0.25) is 5.91 Å². The van der Waals surface area contributed by atoms with Crippen LogP contribution in [0.4, 0.5) is 5.69 Å². The molecule has 1 fully saturated rings. The fourth-order valence-corrected chi connectivity index (χ4v) is 3.10. The van der Waals surface area contributed by atoms with Crippen LogP contribution < -0.4 is 11.1 Å². The van der Waals surface area contributed by atoms with Crippen LogP contribution in [0.5, 0.6) is 0 Å². The van der Waals surface area contributed by atoms with Crippen LogP contribution in [0.25, 0.3) is 0 Å². The molecule has 3 nitrogen and oxygen atoms in total. The normalized spacial score (nSPS) is 27.1. The van der Waals surface area contributed by atoms with Crippen LogP contribution in [0.3, 0.4) is 0 Å². The summed E-state index contributed by atoms with van der Waals surface area (Å²) in [4.78, 5) is 11.9. The maximum Gasteiger partial charge on any atom is 0.243 e. The predicted molar refractivity (Wildman–Crippen MR) is 74.6 cm³/mol. The fourth-order valence-electron chi connectivity index (χ4n) is 2.97. The Bertz CT molecular complexity index is 432. The van der Waals surface area contributed by atoms with Crippen LogP contribution in [-0.2, 0) is 4.79 Å². The first-order valence-corrected chi connectivity index (χ1v) is 6.80. The largest absolute Gasteiger partial charge is 0.371 e. The van der Waals surface area contributed by atoms with Gasteiger partial charge in [-0.1, -0.05) is 31.4 Å². The van der Waals surface area contributed by atoms with E-state index in [1.165, 1.54) is 0 Å². The maximum atomic E-state index is 11.9. The van der Waals surface area contributed by atoms with E-state index in [4.69, 9.17) is 17.3 Å². The molecule has 2 atom stereocenters. The molecule has 1 aliphatic carbocycles. The van der Waals surface area contributed by atoms with Gasteiger partial charge in [-0.3, -0.25) is 4.79 Å². The summed E-state index contributed by atoms with van der Waals surface area (Å²) in [6.45, 7) is 2.11. The third kappa shape index (κ3) is 2.32. The van der Waals surface area contributed by atoms with E-state index < -0.39 is 5.54 Å². The van der Waals surface area contributed by atoms with E-state index in [-0.39, 0.29) is 5.91 Å². The van der Waals surface area contributed by atoms with Gasteiger partial charge in [0.15, 0.2) is 0 Å². The Morgan fingerprint density at radius 3 is 2.72 bits per heavy atom. The number of nitrogens with two attached hydrogens (primary N) is 1. The molecular weight excluding hydrogens is 248 g/mol. The topological polar surface area (TPSA) is 55.1 Å². The van der Waals surface area contributed by atoms with Crippen molar-refractivity contribution in [1.29, 1.82) is 0 Å². The summed E-state index contributed by atoms with van der Waals surface area (Å²) in [5, 5.41) is 4.04. The summed E-state index contributed by atoms with van der Waals surface area (Å²) in [7, 11) is 0. The van der Waals surface area contributed by atoms with Crippen LogP contribution in [-0.4, -0.2) is 11.4 Å². The summed E-state index contributed by atoms with van der Waals surface area (Å²) in [6, 6.07) is 7.40. The Morgan fingerprint density at radius 1 is 1.50 bits per heavy atom. The first-order chi connectivity index (χ1) is 8.58. The smallest absolute Gasteiger partial charge is 0.243 e. The van der Waals surface area contributed by atoms with Crippen LogP contribution >= 0.6 is 11.6 Å². The average molecular weight is 267 g/mol. The number of carbonyl (C=O) groups excluding carboxylic acids is 1. The van der Waals surface area contributed by atoms with Gasteiger partial charge in [0.05, 0.1) is 0 Å². The molecule has 0 heterocycles. The molecular formula is C14H19ClN2O. The SMILES string of the molecule is CCC1CCCC1(Nc1ccc(Cl)cc1)C(N)=O. The van der Waals surface area contributed by atoms with Gasteiger partial charge in [0.25, 0.3) is 0 Å². The highest BCUT2D eigenvalue weighted by Crippen LogP contribution is 2.40. The van der Waals surface area contributed by atoms with Crippen molar-refractivity contribution in [2.75, 3.05) is 5.32 Å². The highest BCUT2D eigenvalue weighted by Gasteiger charge is 2.46. The number of nitrogens with one attached hydrogen (secondary N) is 1. The number of hydrogen-bond donors (Lipinski definition) is 2. The van der Waals surface area contributed by atoms with Gasteiger partial charge < -0.3 is 11.1 Å². The molecule has 1 amide bonds. The molecule has 0 aliphatic heterocycles. The molecule has 1 aromatic rings. The molecule has 1 aromatic carbocycles. The number of halogens is 1. The molecule has 2 rings (SSSR count). The van der Waals surface area contributed by atoms with E-state index in [9.17, 15) is 4.79 Å². The third-order valence-corrected chi connectivity index (χ3v) is 4.22. The summed E-state index contributed by atoms with van der Waals surface area (Å²) < 4.78 is 0. The number of hydrogen-bond acceptors (Lipinski definition) is 2. The van der Waals surface area contributed by atoms with Crippen LogP contribution in [0.15, 0.2) is 24.3 Å². The number of amides is 1. The minimum atomic E-state index is -0.595. The van der Waals surface area contributed by atoms with Crippen LogP contribution in [0.2, 0.25) is 5.02 Å². The molecule has 0 radical (unpaired) electrons.